The standard InChI is InChI=1S/C25H20Cl3F3N4O/c26-16-5-8-18(9-6-16)35-22(19-10-7-17(27)11-20(19)28)12-21-23(33-35)24(36)34(32-21)13-14-1-3-15(4-2-14)25(29,30)31/h5-12,14-15H,1-4,13H2. The average molecular weight is 556 g/mol. The van der Waals surface area contributed by atoms with Crippen molar-refractivity contribution in [3.05, 3.63) is 74.0 Å². The second kappa shape index (κ2) is 9.72. The minimum atomic E-state index is -4.17. The molecule has 5 rings (SSSR count). The molecule has 0 spiro atoms. The number of benzene rings is 2. The maximum Gasteiger partial charge on any atom is 0.391 e. The van der Waals surface area contributed by atoms with E-state index in [1.54, 1.807) is 53.2 Å². The monoisotopic (exact) mass is 554 g/mol. The highest BCUT2D eigenvalue weighted by Gasteiger charge is 2.41. The molecular formula is C25H20Cl3F3N4O. The summed E-state index contributed by atoms with van der Waals surface area (Å²) in [6.45, 7) is 0.248. The van der Waals surface area contributed by atoms with Gasteiger partial charge in [-0.2, -0.15) is 23.4 Å². The van der Waals surface area contributed by atoms with Crippen molar-refractivity contribution in [2.45, 2.75) is 38.4 Å². The number of halogens is 6. The minimum Gasteiger partial charge on any atom is -0.265 e. The van der Waals surface area contributed by atoms with Crippen molar-refractivity contribution in [2.24, 2.45) is 11.8 Å². The van der Waals surface area contributed by atoms with Crippen LogP contribution in [0.4, 0.5) is 13.2 Å². The first-order chi connectivity index (χ1) is 17.1. The highest BCUT2D eigenvalue weighted by molar-refractivity contribution is 6.36. The maximum atomic E-state index is 13.2. The van der Waals surface area contributed by atoms with Crippen molar-refractivity contribution >= 4 is 34.8 Å². The van der Waals surface area contributed by atoms with E-state index in [2.05, 4.69) is 10.2 Å². The summed E-state index contributed by atoms with van der Waals surface area (Å²) in [7, 11) is 0. The second-order valence-electron chi connectivity index (χ2n) is 9.02. The van der Waals surface area contributed by atoms with E-state index < -0.39 is 12.1 Å². The molecule has 0 N–H and O–H groups in total. The molecule has 0 bridgehead atoms. The van der Waals surface area contributed by atoms with Crippen LogP contribution in [0.1, 0.15) is 25.7 Å². The fraction of sp³-hybridized carbons (Fsp3) is 0.320. The van der Waals surface area contributed by atoms with E-state index in [0.29, 0.717) is 50.5 Å². The van der Waals surface area contributed by atoms with Crippen LogP contribution in [-0.4, -0.2) is 25.7 Å². The fourth-order valence-electron chi connectivity index (χ4n) is 4.70. The van der Waals surface area contributed by atoms with Crippen LogP contribution in [0.15, 0.2) is 53.3 Å². The van der Waals surface area contributed by atoms with E-state index in [9.17, 15) is 18.0 Å². The van der Waals surface area contributed by atoms with Crippen LogP contribution in [-0.2, 0) is 6.54 Å². The molecule has 0 saturated heterocycles. The Kier molecular flexibility index (Phi) is 6.78. The van der Waals surface area contributed by atoms with E-state index in [-0.39, 0.29) is 36.6 Å². The molecule has 0 aromatic heterocycles. The van der Waals surface area contributed by atoms with Crippen molar-refractivity contribution in [2.75, 3.05) is 0 Å². The minimum absolute atomic E-state index is 0.0563. The van der Waals surface area contributed by atoms with E-state index in [0.717, 1.165) is 0 Å². The molecule has 2 aromatic carbocycles. The third kappa shape index (κ3) is 4.99. The van der Waals surface area contributed by atoms with Crippen LogP contribution in [0.2, 0.25) is 15.1 Å². The summed E-state index contributed by atoms with van der Waals surface area (Å²) in [6, 6.07) is 13.8. The van der Waals surface area contributed by atoms with Gasteiger partial charge in [0.1, 0.15) is 5.69 Å². The molecule has 36 heavy (non-hydrogen) atoms. The summed E-state index contributed by atoms with van der Waals surface area (Å²) >= 11 is 18.6. The molecule has 0 atom stereocenters. The van der Waals surface area contributed by atoms with E-state index in [4.69, 9.17) is 34.8 Å². The quantitative estimate of drug-likeness (QED) is 0.262. The lowest BCUT2D eigenvalue weighted by atomic mass is 9.81. The normalized spacial score (nSPS) is 18.6. The van der Waals surface area contributed by atoms with Crippen LogP contribution in [0.25, 0.3) is 28.3 Å². The third-order valence-electron chi connectivity index (χ3n) is 6.63. The molecule has 1 aliphatic carbocycles. The number of hydrogen-bond donors (Lipinski definition) is 0. The van der Waals surface area contributed by atoms with E-state index >= 15 is 0 Å². The molecule has 3 aliphatic rings. The summed E-state index contributed by atoms with van der Waals surface area (Å²) in [5, 5.41) is 10.5. The van der Waals surface area contributed by atoms with E-state index in [1.165, 1.54) is 4.68 Å². The molecular weight excluding hydrogens is 536 g/mol. The number of alkyl halides is 3. The Morgan fingerprint density at radius 1 is 0.889 bits per heavy atom. The molecule has 2 aromatic rings. The number of nitrogens with zero attached hydrogens (tertiary/aromatic N) is 4. The van der Waals surface area contributed by atoms with Gasteiger partial charge in [0.25, 0.3) is 5.56 Å². The molecule has 0 amide bonds. The van der Waals surface area contributed by atoms with Crippen LogP contribution in [0.3, 0.4) is 0 Å². The van der Waals surface area contributed by atoms with Crippen LogP contribution in [0.5, 0.6) is 0 Å². The van der Waals surface area contributed by atoms with Crippen molar-refractivity contribution in [3.63, 3.8) is 0 Å². The number of fused-ring (bicyclic) bond motifs is 1. The second-order valence-corrected chi connectivity index (χ2v) is 10.3. The Morgan fingerprint density at radius 2 is 1.56 bits per heavy atom. The van der Waals surface area contributed by atoms with Gasteiger partial charge in [0.15, 0.2) is 5.69 Å². The largest absolute Gasteiger partial charge is 0.391 e. The van der Waals surface area contributed by atoms with Crippen molar-refractivity contribution in [3.8, 4) is 28.3 Å². The van der Waals surface area contributed by atoms with Crippen molar-refractivity contribution in [1.82, 2.24) is 19.6 Å². The molecule has 0 radical (unpaired) electrons. The SMILES string of the molecule is O=c1c2nn(-c3ccc(Cl)cc3)c(-c3ccc(Cl)cc3Cl)cc-2nn1CC1CCC(C(F)(F)F)CC1. The first-order valence-corrected chi connectivity index (χ1v) is 12.5. The zero-order chi connectivity index (χ0) is 25.6. The molecule has 2 heterocycles. The molecule has 0 unspecified atom stereocenters. The average Bonchev–Trinajstić information content (AvgIpc) is 3.13. The lowest BCUT2D eigenvalue weighted by molar-refractivity contribution is -0.184. The Labute approximate surface area is 219 Å². The highest BCUT2D eigenvalue weighted by atomic mass is 35.5. The third-order valence-corrected chi connectivity index (χ3v) is 7.43. The smallest absolute Gasteiger partial charge is 0.265 e. The zero-order valence-corrected chi connectivity index (χ0v) is 21.0. The van der Waals surface area contributed by atoms with Gasteiger partial charge in [0.05, 0.1) is 22.3 Å². The summed E-state index contributed by atoms with van der Waals surface area (Å²) in [6.07, 6.45) is -3.25. The van der Waals surface area contributed by atoms with Gasteiger partial charge >= 0.3 is 6.18 Å². The van der Waals surface area contributed by atoms with Gasteiger partial charge < -0.3 is 0 Å². The number of hydrogen-bond acceptors (Lipinski definition) is 3. The van der Waals surface area contributed by atoms with Crippen molar-refractivity contribution < 1.29 is 13.2 Å². The highest BCUT2D eigenvalue weighted by Crippen LogP contribution is 2.40. The predicted molar refractivity (Wildman–Crippen MR) is 134 cm³/mol. The van der Waals surface area contributed by atoms with Gasteiger partial charge in [-0.05, 0) is 80.1 Å². The molecule has 2 aliphatic heterocycles. The number of rotatable bonds is 4. The Morgan fingerprint density at radius 3 is 2.19 bits per heavy atom. The van der Waals surface area contributed by atoms with Crippen LogP contribution < -0.4 is 5.56 Å². The van der Waals surface area contributed by atoms with Gasteiger partial charge in [-0.25, -0.2) is 9.36 Å². The van der Waals surface area contributed by atoms with E-state index in [1.807, 2.05) is 0 Å². The molecule has 188 valence electrons. The molecule has 1 fully saturated rings. The predicted octanol–water partition coefficient (Wildman–Crippen LogP) is 7.53. The molecule has 11 heteroatoms. The summed E-state index contributed by atoms with van der Waals surface area (Å²) in [5.74, 6) is -1.33. The van der Waals surface area contributed by atoms with Gasteiger partial charge in [-0.15, -0.1) is 0 Å². The van der Waals surface area contributed by atoms with Crippen molar-refractivity contribution in [1.29, 1.82) is 0 Å². The summed E-state index contributed by atoms with van der Waals surface area (Å²) in [5.41, 5.74) is 2.01. The first-order valence-electron chi connectivity index (χ1n) is 11.4. The Bertz CT molecular complexity index is 1420. The van der Waals surface area contributed by atoms with Gasteiger partial charge in [0.2, 0.25) is 0 Å². The Hall–Kier alpha value is -2.55. The zero-order valence-electron chi connectivity index (χ0n) is 18.8. The summed E-state index contributed by atoms with van der Waals surface area (Å²) in [4.78, 5) is 13.2. The molecule has 5 nitrogen and oxygen atoms in total. The molecule has 1 saturated carbocycles. The van der Waals surface area contributed by atoms with Gasteiger partial charge in [-0.3, -0.25) is 4.79 Å². The van der Waals surface area contributed by atoms with Gasteiger partial charge in [0, 0.05) is 22.2 Å². The lowest BCUT2D eigenvalue weighted by Gasteiger charge is -2.29. The van der Waals surface area contributed by atoms with Crippen LogP contribution in [0, 0.1) is 11.8 Å². The number of aromatic nitrogens is 4. The topological polar surface area (TPSA) is 52.7 Å². The summed E-state index contributed by atoms with van der Waals surface area (Å²) < 4.78 is 42.0. The fourth-order valence-corrected chi connectivity index (χ4v) is 5.33. The Balaban J connectivity index is 1.55. The maximum absolute atomic E-state index is 13.2. The lowest BCUT2D eigenvalue weighted by Crippen LogP contribution is -2.30. The first kappa shape index (κ1) is 25.1. The van der Waals surface area contributed by atoms with Crippen LogP contribution >= 0.6 is 34.8 Å². The van der Waals surface area contributed by atoms with Gasteiger partial charge in [-0.1, -0.05) is 34.8 Å².